The molecule has 1 aromatic rings. The van der Waals surface area contributed by atoms with Crippen molar-refractivity contribution in [1.29, 1.82) is 0 Å². The van der Waals surface area contributed by atoms with Gasteiger partial charge in [0.2, 0.25) is 0 Å². The summed E-state index contributed by atoms with van der Waals surface area (Å²) in [5.74, 6) is 0.207. The molecule has 0 spiro atoms. The Hall–Kier alpha value is -1.32. The fourth-order valence-corrected chi connectivity index (χ4v) is 2.87. The van der Waals surface area contributed by atoms with Gasteiger partial charge < -0.3 is 9.67 Å². The van der Waals surface area contributed by atoms with Crippen LogP contribution in [0, 0.1) is 6.92 Å². The molecule has 1 fully saturated rings. The van der Waals surface area contributed by atoms with E-state index in [1.807, 2.05) is 13.1 Å². The molecule has 16 heavy (non-hydrogen) atoms. The molecule has 0 aromatic carbocycles. The van der Waals surface area contributed by atoms with Crippen molar-refractivity contribution in [3.05, 3.63) is 18.2 Å². The number of hydrogen-bond donors (Lipinski definition) is 1. The van der Waals surface area contributed by atoms with E-state index in [1.165, 1.54) is 6.42 Å². The maximum absolute atomic E-state index is 11.0. The predicted molar refractivity (Wildman–Crippen MR) is 60.3 cm³/mol. The van der Waals surface area contributed by atoms with Crippen LogP contribution < -0.4 is 0 Å². The molecule has 4 heteroatoms. The maximum atomic E-state index is 11.0. The number of nitrogens with zero attached hydrogens (tertiary/aromatic N) is 2. The Bertz CT molecular complexity index is 378. The van der Waals surface area contributed by atoms with E-state index in [-0.39, 0.29) is 12.0 Å². The van der Waals surface area contributed by atoms with E-state index in [1.54, 1.807) is 6.20 Å². The molecular formula is C12H18N2O2. The molecule has 1 aliphatic rings. The van der Waals surface area contributed by atoms with E-state index in [9.17, 15) is 4.79 Å². The van der Waals surface area contributed by atoms with Crippen LogP contribution in [0.25, 0.3) is 0 Å². The number of aliphatic carboxylic acids is 1. The van der Waals surface area contributed by atoms with Crippen LogP contribution >= 0.6 is 0 Å². The first-order chi connectivity index (χ1) is 7.64. The average Bonchev–Trinajstić information content (AvgIpc) is 2.65. The van der Waals surface area contributed by atoms with E-state index in [2.05, 4.69) is 9.55 Å². The van der Waals surface area contributed by atoms with Gasteiger partial charge in [-0.15, -0.1) is 0 Å². The van der Waals surface area contributed by atoms with Gasteiger partial charge in [0.15, 0.2) is 0 Å². The summed E-state index contributed by atoms with van der Waals surface area (Å²) >= 11 is 0. The first kappa shape index (κ1) is 11.2. The monoisotopic (exact) mass is 222 g/mol. The Morgan fingerprint density at radius 2 is 2.19 bits per heavy atom. The highest BCUT2D eigenvalue weighted by atomic mass is 16.4. The molecular weight excluding hydrogens is 204 g/mol. The molecule has 0 bridgehead atoms. The minimum atomic E-state index is -0.713. The van der Waals surface area contributed by atoms with Crippen molar-refractivity contribution < 1.29 is 9.90 Å². The fourth-order valence-electron chi connectivity index (χ4n) is 2.87. The summed E-state index contributed by atoms with van der Waals surface area (Å²) in [5, 5.41) is 9.09. The molecule has 88 valence electrons. The van der Waals surface area contributed by atoms with Crippen molar-refractivity contribution in [3.63, 3.8) is 0 Å². The number of carboxylic acids is 1. The molecule has 0 radical (unpaired) electrons. The molecule has 0 aliphatic heterocycles. The SMILES string of the molecule is Cc1nccn1C1(CC(=O)O)CCCCC1. The maximum Gasteiger partial charge on any atom is 0.305 e. The lowest BCUT2D eigenvalue weighted by atomic mass is 9.79. The standard InChI is InChI=1S/C12H18N2O2/c1-10-13-7-8-14(10)12(9-11(15)16)5-3-2-4-6-12/h7-8H,2-6,9H2,1H3,(H,15,16). The van der Waals surface area contributed by atoms with E-state index >= 15 is 0 Å². The third kappa shape index (κ3) is 1.96. The minimum Gasteiger partial charge on any atom is -0.481 e. The van der Waals surface area contributed by atoms with Crippen LogP contribution in [-0.2, 0) is 10.3 Å². The summed E-state index contributed by atoms with van der Waals surface area (Å²) in [5.41, 5.74) is -0.231. The first-order valence-corrected chi connectivity index (χ1v) is 5.86. The quantitative estimate of drug-likeness (QED) is 0.853. The summed E-state index contributed by atoms with van der Waals surface area (Å²) in [7, 11) is 0. The Morgan fingerprint density at radius 1 is 1.50 bits per heavy atom. The topological polar surface area (TPSA) is 55.1 Å². The molecule has 2 rings (SSSR count). The van der Waals surface area contributed by atoms with Crippen molar-refractivity contribution in [2.24, 2.45) is 0 Å². The van der Waals surface area contributed by atoms with Crippen LogP contribution in [0.2, 0.25) is 0 Å². The first-order valence-electron chi connectivity index (χ1n) is 5.86. The van der Waals surface area contributed by atoms with Gasteiger partial charge in [-0.05, 0) is 19.8 Å². The summed E-state index contributed by atoms with van der Waals surface area (Å²) in [6.07, 6.45) is 9.25. The zero-order valence-corrected chi connectivity index (χ0v) is 9.65. The lowest BCUT2D eigenvalue weighted by molar-refractivity contribution is -0.140. The number of imidazole rings is 1. The second kappa shape index (κ2) is 4.28. The highest BCUT2D eigenvalue weighted by Crippen LogP contribution is 2.38. The van der Waals surface area contributed by atoms with Crippen molar-refractivity contribution >= 4 is 5.97 Å². The number of carbonyl (C=O) groups is 1. The van der Waals surface area contributed by atoms with Crippen molar-refractivity contribution in [2.75, 3.05) is 0 Å². The third-order valence-electron chi connectivity index (χ3n) is 3.60. The summed E-state index contributed by atoms with van der Waals surface area (Å²) in [4.78, 5) is 15.3. The molecule has 1 aliphatic carbocycles. The van der Waals surface area contributed by atoms with Crippen molar-refractivity contribution in [2.45, 2.75) is 51.0 Å². The minimum absolute atomic E-state index is 0.212. The van der Waals surface area contributed by atoms with Gasteiger partial charge >= 0.3 is 5.97 Å². The lowest BCUT2D eigenvalue weighted by Gasteiger charge is -2.38. The fraction of sp³-hybridized carbons (Fsp3) is 0.667. The molecule has 1 aromatic heterocycles. The summed E-state index contributed by atoms with van der Waals surface area (Å²) in [6.45, 7) is 1.94. The summed E-state index contributed by atoms with van der Waals surface area (Å²) < 4.78 is 2.07. The van der Waals surface area contributed by atoms with Gasteiger partial charge in [0.1, 0.15) is 5.82 Å². The van der Waals surface area contributed by atoms with E-state index < -0.39 is 5.97 Å². The molecule has 0 saturated heterocycles. The Kier molecular flexibility index (Phi) is 2.99. The zero-order chi connectivity index (χ0) is 11.6. The number of aryl methyl sites for hydroxylation is 1. The van der Waals surface area contributed by atoms with Crippen LogP contribution in [0.5, 0.6) is 0 Å². The molecule has 0 atom stereocenters. The van der Waals surface area contributed by atoms with Gasteiger partial charge in [-0.3, -0.25) is 4.79 Å². The molecule has 4 nitrogen and oxygen atoms in total. The molecule has 1 heterocycles. The third-order valence-corrected chi connectivity index (χ3v) is 3.60. The Morgan fingerprint density at radius 3 is 2.69 bits per heavy atom. The van der Waals surface area contributed by atoms with Gasteiger partial charge in [-0.25, -0.2) is 4.98 Å². The number of rotatable bonds is 3. The van der Waals surface area contributed by atoms with E-state index in [0.717, 1.165) is 31.5 Å². The van der Waals surface area contributed by atoms with E-state index in [4.69, 9.17) is 5.11 Å². The highest BCUT2D eigenvalue weighted by Gasteiger charge is 2.36. The second-order valence-electron chi connectivity index (χ2n) is 4.70. The van der Waals surface area contributed by atoms with Gasteiger partial charge in [0, 0.05) is 12.4 Å². The predicted octanol–water partition coefficient (Wildman–Crippen LogP) is 2.33. The number of aromatic nitrogens is 2. The van der Waals surface area contributed by atoms with Crippen LogP contribution in [0.15, 0.2) is 12.4 Å². The van der Waals surface area contributed by atoms with Gasteiger partial charge in [-0.1, -0.05) is 19.3 Å². The van der Waals surface area contributed by atoms with Gasteiger partial charge in [-0.2, -0.15) is 0 Å². The Balaban J connectivity index is 2.33. The van der Waals surface area contributed by atoms with Crippen LogP contribution in [-0.4, -0.2) is 20.6 Å². The van der Waals surface area contributed by atoms with Crippen LogP contribution in [0.4, 0.5) is 0 Å². The van der Waals surface area contributed by atoms with Crippen molar-refractivity contribution in [3.8, 4) is 0 Å². The zero-order valence-electron chi connectivity index (χ0n) is 9.65. The normalized spacial score (nSPS) is 19.6. The van der Waals surface area contributed by atoms with E-state index in [0.29, 0.717) is 0 Å². The average molecular weight is 222 g/mol. The number of carboxylic acid groups (broad SMARTS) is 1. The number of hydrogen-bond acceptors (Lipinski definition) is 2. The van der Waals surface area contributed by atoms with Gasteiger partial charge in [0.25, 0.3) is 0 Å². The Labute approximate surface area is 95.3 Å². The molecule has 1 saturated carbocycles. The molecule has 0 unspecified atom stereocenters. The summed E-state index contributed by atoms with van der Waals surface area (Å²) in [6, 6.07) is 0. The molecule has 1 N–H and O–H groups in total. The highest BCUT2D eigenvalue weighted by molar-refractivity contribution is 5.68. The van der Waals surface area contributed by atoms with Crippen LogP contribution in [0.3, 0.4) is 0 Å². The largest absolute Gasteiger partial charge is 0.481 e. The van der Waals surface area contributed by atoms with Gasteiger partial charge in [0.05, 0.1) is 12.0 Å². The lowest BCUT2D eigenvalue weighted by Crippen LogP contribution is -2.38. The van der Waals surface area contributed by atoms with Crippen LogP contribution in [0.1, 0.15) is 44.3 Å². The molecule has 0 amide bonds. The second-order valence-corrected chi connectivity index (χ2v) is 4.70. The smallest absolute Gasteiger partial charge is 0.305 e. The van der Waals surface area contributed by atoms with Crippen molar-refractivity contribution in [1.82, 2.24) is 9.55 Å².